The molecule has 2 N–H and O–H groups in total. The summed E-state index contributed by atoms with van der Waals surface area (Å²) in [5, 5.41) is 9.21. The number of sulfonamides is 1. The Bertz CT molecular complexity index is 681. The SMILES string of the molecule is CCc1cnc(CNS(=O)(=O)c2cc(CO)n(CC)c2)o1. The molecule has 0 saturated heterocycles. The van der Waals surface area contributed by atoms with Gasteiger partial charge in [-0.1, -0.05) is 6.92 Å². The summed E-state index contributed by atoms with van der Waals surface area (Å²) in [5.41, 5.74) is 0.558. The number of hydrogen-bond acceptors (Lipinski definition) is 5. The Morgan fingerprint density at radius 3 is 2.71 bits per heavy atom. The highest BCUT2D eigenvalue weighted by Gasteiger charge is 2.18. The topological polar surface area (TPSA) is 97.4 Å². The molecule has 116 valence electrons. The minimum absolute atomic E-state index is 0.00586. The number of hydrogen-bond donors (Lipinski definition) is 2. The molecule has 0 fully saturated rings. The van der Waals surface area contributed by atoms with Crippen LogP contribution in [0.1, 0.15) is 31.2 Å². The van der Waals surface area contributed by atoms with Crippen LogP contribution < -0.4 is 4.72 Å². The summed E-state index contributed by atoms with van der Waals surface area (Å²) >= 11 is 0. The van der Waals surface area contributed by atoms with Crippen LogP contribution in [0.5, 0.6) is 0 Å². The van der Waals surface area contributed by atoms with Crippen LogP contribution >= 0.6 is 0 Å². The van der Waals surface area contributed by atoms with Crippen molar-refractivity contribution in [3.8, 4) is 0 Å². The molecule has 0 spiro atoms. The number of aliphatic hydroxyl groups excluding tert-OH is 1. The molecule has 8 heteroatoms. The van der Waals surface area contributed by atoms with Gasteiger partial charge in [0.25, 0.3) is 0 Å². The van der Waals surface area contributed by atoms with E-state index in [2.05, 4.69) is 9.71 Å². The average molecular weight is 313 g/mol. The molecule has 2 aromatic rings. The van der Waals surface area contributed by atoms with Crippen molar-refractivity contribution in [3.05, 3.63) is 35.8 Å². The van der Waals surface area contributed by atoms with Crippen molar-refractivity contribution in [2.45, 2.75) is 44.9 Å². The average Bonchev–Trinajstić information content (AvgIpc) is 3.11. The maximum atomic E-state index is 12.2. The predicted octanol–water partition coefficient (Wildman–Crippen LogP) is 1.03. The maximum Gasteiger partial charge on any atom is 0.242 e. The van der Waals surface area contributed by atoms with Gasteiger partial charge in [-0.3, -0.25) is 0 Å². The highest BCUT2D eigenvalue weighted by molar-refractivity contribution is 7.89. The Balaban J connectivity index is 2.12. The summed E-state index contributed by atoms with van der Waals surface area (Å²) in [5.74, 6) is 1.04. The Labute approximate surface area is 123 Å². The van der Waals surface area contributed by atoms with Gasteiger partial charge in [-0.2, -0.15) is 0 Å². The lowest BCUT2D eigenvalue weighted by atomic mass is 10.4. The van der Waals surface area contributed by atoms with Gasteiger partial charge in [-0.15, -0.1) is 0 Å². The van der Waals surface area contributed by atoms with E-state index in [0.29, 0.717) is 30.3 Å². The van der Waals surface area contributed by atoms with E-state index in [1.807, 2.05) is 13.8 Å². The van der Waals surface area contributed by atoms with Crippen molar-refractivity contribution in [1.82, 2.24) is 14.3 Å². The maximum absolute atomic E-state index is 12.2. The van der Waals surface area contributed by atoms with Crippen molar-refractivity contribution < 1.29 is 17.9 Å². The molecule has 0 amide bonds. The lowest BCUT2D eigenvalue weighted by Gasteiger charge is -2.02. The summed E-state index contributed by atoms with van der Waals surface area (Å²) in [6.07, 6.45) is 3.79. The van der Waals surface area contributed by atoms with Crippen molar-refractivity contribution >= 4 is 10.0 Å². The smallest absolute Gasteiger partial charge is 0.242 e. The zero-order chi connectivity index (χ0) is 15.5. The van der Waals surface area contributed by atoms with E-state index in [1.165, 1.54) is 12.3 Å². The van der Waals surface area contributed by atoms with E-state index in [9.17, 15) is 13.5 Å². The summed E-state index contributed by atoms with van der Waals surface area (Å²) < 4.78 is 33.9. The summed E-state index contributed by atoms with van der Waals surface area (Å²) in [6, 6.07) is 1.46. The van der Waals surface area contributed by atoms with Gasteiger partial charge in [0.05, 0.1) is 24.2 Å². The molecule has 0 saturated carbocycles. The zero-order valence-electron chi connectivity index (χ0n) is 12.0. The predicted molar refractivity (Wildman–Crippen MR) is 75.9 cm³/mol. The number of aromatic nitrogens is 2. The zero-order valence-corrected chi connectivity index (χ0v) is 12.9. The van der Waals surface area contributed by atoms with Crippen LogP contribution in [-0.2, 0) is 36.1 Å². The van der Waals surface area contributed by atoms with Gasteiger partial charge in [-0.25, -0.2) is 18.1 Å². The Morgan fingerprint density at radius 2 is 2.19 bits per heavy atom. The fourth-order valence-corrected chi connectivity index (χ4v) is 2.97. The Hall–Kier alpha value is -1.64. The highest BCUT2D eigenvalue weighted by atomic mass is 32.2. The van der Waals surface area contributed by atoms with Gasteiger partial charge in [0, 0.05) is 24.9 Å². The second-order valence-corrected chi connectivity index (χ2v) is 6.28. The van der Waals surface area contributed by atoms with Gasteiger partial charge in [0.1, 0.15) is 5.76 Å². The van der Waals surface area contributed by atoms with Gasteiger partial charge in [-0.05, 0) is 13.0 Å². The summed E-state index contributed by atoms with van der Waals surface area (Å²) in [7, 11) is -3.66. The number of rotatable bonds is 7. The first-order chi connectivity index (χ1) is 10.00. The number of nitrogens with zero attached hydrogens (tertiary/aromatic N) is 2. The summed E-state index contributed by atoms with van der Waals surface area (Å²) in [6.45, 7) is 4.18. The highest BCUT2D eigenvalue weighted by Crippen LogP contribution is 2.15. The number of aliphatic hydroxyl groups is 1. The fraction of sp³-hybridized carbons (Fsp3) is 0.462. The normalized spacial score (nSPS) is 12.0. The first kappa shape index (κ1) is 15.7. The molecule has 0 aromatic carbocycles. The second kappa shape index (κ2) is 6.42. The van der Waals surface area contributed by atoms with Gasteiger partial charge >= 0.3 is 0 Å². The number of oxazole rings is 1. The number of nitrogens with one attached hydrogen (secondary N) is 1. The molecule has 7 nitrogen and oxygen atoms in total. The largest absolute Gasteiger partial charge is 0.444 e. The van der Waals surface area contributed by atoms with E-state index >= 15 is 0 Å². The first-order valence-electron chi connectivity index (χ1n) is 6.73. The van der Waals surface area contributed by atoms with E-state index in [4.69, 9.17) is 4.42 Å². The molecule has 0 atom stereocenters. The van der Waals surface area contributed by atoms with Crippen LogP contribution in [0.3, 0.4) is 0 Å². The van der Waals surface area contributed by atoms with Crippen LogP contribution in [0.2, 0.25) is 0 Å². The van der Waals surface area contributed by atoms with Gasteiger partial charge < -0.3 is 14.1 Å². The quantitative estimate of drug-likeness (QED) is 0.795. The molecule has 21 heavy (non-hydrogen) atoms. The van der Waals surface area contributed by atoms with Crippen molar-refractivity contribution in [2.24, 2.45) is 0 Å². The van der Waals surface area contributed by atoms with Crippen LogP contribution in [0, 0.1) is 0 Å². The molecule has 0 bridgehead atoms. The molecule has 2 heterocycles. The van der Waals surface area contributed by atoms with Crippen LogP contribution in [0.15, 0.2) is 27.8 Å². The molecule has 0 radical (unpaired) electrons. The van der Waals surface area contributed by atoms with Crippen LogP contribution in [0.4, 0.5) is 0 Å². The summed E-state index contributed by atoms with van der Waals surface area (Å²) in [4.78, 5) is 4.12. The van der Waals surface area contributed by atoms with Crippen molar-refractivity contribution in [2.75, 3.05) is 0 Å². The van der Waals surface area contributed by atoms with E-state index < -0.39 is 10.0 Å². The lowest BCUT2D eigenvalue weighted by molar-refractivity contribution is 0.271. The van der Waals surface area contributed by atoms with Crippen molar-refractivity contribution in [3.63, 3.8) is 0 Å². The van der Waals surface area contributed by atoms with Crippen LogP contribution in [-0.4, -0.2) is 23.1 Å². The molecule has 0 aliphatic carbocycles. The molecule has 2 rings (SSSR count). The Morgan fingerprint density at radius 1 is 1.43 bits per heavy atom. The second-order valence-electron chi connectivity index (χ2n) is 4.51. The lowest BCUT2D eigenvalue weighted by Crippen LogP contribution is -2.23. The fourth-order valence-electron chi connectivity index (χ4n) is 1.93. The third-order valence-electron chi connectivity index (χ3n) is 3.14. The molecule has 2 aromatic heterocycles. The van der Waals surface area contributed by atoms with Crippen molar-refractivity contribution in [1.29, 1.82) is 0 Å². The molecular weight excluding hydrogens is 294 g/mol. The minimum atomic E-state index is -3.66. The van der Waals surface area contributed by atoms with E-state index in [-0.39, 0.29) is 18.0 Å². The van der Waals surface area contributed by atoms with Crippen LogP contribution in [0.25, 0.3) is 0 Å². The van der Waals surface area contributed by atoms with E-state index in [0.717, 1.165) is 0 Å². The third kappa shape index (κ3) is 3.52. The Kier molecular flexibility index (Phi) is 4.81. The molecule has 0 aliphatic heterocycles. The van der Waals surface area contributed by atoms with Gasteiger partial charge in [0.2, 0.25) is 15.9 Å². The first-order valence-corrected chi connectivity index (χ1v) is 8.21. The standard InChI is InChI=1S/C13H19N3O4S/c1-3-11-6-14-13(20-11)7-15-21(18,19)12-5-10(9-17)16(4-2)8-12/h5-6,8,15,17H,3-4,7,9H2,1-2H3. The third-order valence-corrected chi connectivity index (χ3v) is 4.51. The molecule has 0 unspecified atom stereocenters. The monoisotopic (exact) mass is 313 g/mol. The van der Waals surface area contributed by atoms with Gasteiger partial charge in [0.15, 0.2) is 0 Å². The minimum Gasteiger partial charge on any atom is -0.444 e. The molecule has 0 aliphatic rings. The number of aryl methyl sites for hydroxylation is 2. The van der Waals surface area contributed by atoms with E-state index in [1.54, 1.807) is 10.8 Å². The molecular formula is C13H19N3O4S.